The van der Waals surface area contributed by atoms with Crippen LogP contribution in [0.2, 0.25) is 0 Å². The lowest BCUT2D eigenvalue weighted by Crippen LogP contribution is -2.23. The van der Waals surface area contributed by atoms with Gasteiger partial charge >= 0.3 is 6.18 Å². The Labute approximate surface area is 108 Å². The van der Waals surface area contributed by atoms with Gasteiger partial charge in [-0.25, -0.2) is 0 Å². The third-order valence-corrected chi connectivity index (χ3v) is 2.67. The Morgan fingerprint density at radius 1 is 1.11 bits per heavy atom. The van der Waals surface area contributed by atoms with E-state index < -0.39 is 12.7 Å². The summed E-state index contributed by atoms with van der Waals surface area (Å²) in [5.74, 6) is 0. The standard InChI is InChI=1S/C11H14F3N5/c1-18-9(2-4-16-18)6-15-7-10-3-5-17-19(10)8-11(12,13)14/h2-5,15H,6-8H2,1H3. The number of alkyl halides is 3. The second-order valence-electron chi connectivity index (χ2n) is 4.15. The Balaban J connectivity index is 1.90. The maximum Gasteiger partial charge on any atom is 0.408 e. The van der Waals surface area contributed by atoms with E-state index in [9.17, 15) is 13.2 Å². The maximum absolute atomic E-state index is 12.3. The Hall–Kier alpha value is -1.83. The van der Waals surface area contributed by atoms with E-state index in [1.807, 2.05) is 13.1 Å². The summed E-state index contributed by atoms with van der Waals surface area (Å²) in [6.07, 6.45) is -1.22. The molecule has 1 N–H and O–H groups in total. The van der Waals surface area contributed by atoms with E-state index in [0.717, 1.165) is 10.4 Å². The predicted octanol–water partition coefficient (Wildman–Crippen LogP) is 1.47. The van der Waals surface area contributed by atoms with Crippen LogP contribution in [0.25, 0.3) is 0 Å². The lowest BCUT2D eigenvalue weighted by atomic mass is 10.3. The maximum atomic E-state index is 12.3. The van der Waals surface area contributed by atoms with E-state index in [0.29, 0.717) is 18.8 Å². The molecule has 0 aliphatic heterocycles. The number of aryl methyl sites for hydroxylation is 1. The van der Waals surface area contributed by atoms with E-state index in [4.69, 9.17) is 0 Å². The number of nitrogens with one attached hydrogen (secondary N) is 1. The first kappa shape index (κ1) is 13.6. The largest absolute Gasteiger partial charge is 0.408 e. The zero-order valence-electron chi connectivity index (χ0n) is 10.4. The summed E-state index contributed by atoms with van der Waals surface area (Å²) < 4.78 is 39.6. The van der Waals surface area contributed by atoms with Crippen LogP contribution in [0, 0.1) is 0 Å². The predicted molar refractivity (Wildman–Crippen MR) is 62.0 cm³/mol. The quantitative estimate of drug-likeness (QED) is 0.897. The minimum absolute atomic E-state index is 0.321. The number of rotatable bonds is 5. The molecule has 104 valence electrons. The molecule has 0 aromatic carbocycles. The summed E-state index contributed by atoms with van der Waals surface area (Å²) in [4.78, 5) is 0. The van der Waals surface area contributed by atoms with Gasteiger partial charge in [0.1, 0.15) is 6.54 Å². The van der Waals surface area contributed by atoms with Gasteiger partial charge in [0.25, 0.3) is 0 Å². The summed E-state index contributed by atoms with van der Waals surface area (Å²) in [5.41, 5.74) is 1.46. The molecule has 0 atom stereocenters. The van der Waals surface area contributed by atoms with Crippen molar-refractivity contribution in [2.45, 2.75) is 25.8 Å². The van der Waals surface area contributed by atoms with Crippen LogP contribution in [0.3, 0.4) is 0 Å². The van der Waals surface area contributed by atoms with Crippen LogP contribution < -0.4 is 5.32 Å². The van der Waals surface area contributed by atoms with Crippen molar-refractivity contribution in [3.05, 3.63) is 35.9 Å². The summed E-state index contributed by atoms with van der Waals surface area (Å²) in [6, 6.07) is 3.42. The molecule has 0 radical (unpaired) electrons. The van der Waals surface area contributed by atoms with E-state index in [-0.39, 0.29) is 0 Å². The molecule has 0 aliphatic rings. The van der Waals surface area contributed by atoms with E-state index in [2.05, 4.69) is 15.5 Å². The molecule has 0 fully saturated rings. The van der Waals surface area contributed by atoms with E-state index >= 15 is 0 Å². The second-order valence-corrected chi connectivity index (χ2v) is 4.15. The number of halogens is 3. The average molecular weight is 273 g/mol. The van der Waals surface area contributed by atoms with Crippen LogP contribution in [0.1, 0.15) is 11.4 Å². The van der Waals surface area contributed by atoms with Gasteiger partial charge in [-0.1, -0.05) is 0 Å². The molecule has 0 bridgehead atoms. The van der Waals surface area contributed by atoms with Crippen LogP contribution in [-0.2, 0) is 26.7 Å². The van der Waals surface area contributed by atoms with Crippen molar-refractivity contribution in [3.63, 3.8) is 0 Å². The molecule has 0 saturated carbocycles. The molecule has 5 nitrogen and oxygen atoms in total. The van der Waals surface area contributed by atoms with Crippen LogP contribution in [0.5, 0.6) is 0 Å². The molecule has 0 spiro atoms. The first-order valence-electron chi connectivity index (χ1n) is 5.71. The van der Waals surface area contributed by atoms with Gasteiger partial charge in [-0.3, -0.25) is 9.36 Å². The number of hydrogen-bond donors (Lipinski definition) is 1. The smallest absolute Gasteiger partial charge is 0.306 e. The highest BCUT2D eigenvalue weighted by molar-refractivity contribution is 5.03. The summed E-state index contributed by atoms with van der Waals surface area (Å²) >= 11 is 0. The van der Waals surface area contributed by atoms with Crippen molar-refractivity contribution in [2.24, 2.45) is 7.05 Å². The fourth-order valence-corrected chi connectivity index (χ4v) is 1.72. The molecule has 2 rings (SSSR count). The van der Waals surface area contributed by atoms with Crippen molar-refractivity contribution in [3.8, 4) is 0 Å². The van der Waals surface area contributed by atoms with Gasteiger partial charge in [-0.15, -0.1) is 0 Å². The molecular formula is C11H14F3N5. The number of hydrogen-bond acceptors (Lipinski definition) is 3. The van der Waals surface area contributed by atoms with Crippen LogP contribution in [0.15, 0.2) is 24.5 Å². The highest BCUT2D eigenvalue weighted by Crippen LogP contribution is 2.17. The Bertz CT molecular complexity index is 528. The Kier molecular flexibility index (Phi) is 3.89. The highest BCUT2D eigenvalue weighted by atomic mass is 19.4. The van der Waals surface area contributed by atoms with Gasteiger partial charge in [0, 0.05) is 32.5 Å². The molecule has 2 aromatic heterocycles. The second kappa shape index (κ2) is 5.43. The van der Waals surface area contributed by atoms with Gasteiger partial charge in [-0.05, 0) is 12.1 Å². The van der Waals surface area contributed by atoms with E-state index in [1.54, 1.807) is 16.9 Å². The van der Waals surface area contributed by atoms with Crippen LogP contribution in [0.4, 0.5) is 13.2 Å². The van der Waals surface area contributed by atoms with Crippen LogP contribution in [-0.4, -0.2) is 25.7 Å². The number of nitrogens with zero attached hydrogens (tertiary/aromatic N) is 4. The Morgan fingerprint density at radius 2 is 1.74 bits per heavy atom. The molecule has 2 heterocycles. The molecule has 8 heteroatoms. The zero-order chi connectivity index (χ0) is 13.9. The third kappa shape index (κ3) is 3.82. The minimum atomic E-state index is -4.26. The van der Waals surface area contributed by atoms with Crippen molar-refractivity contribution in [1.82, 2.24) is 24.9 Å². The normalized spacial score (nSPS) is 12.0. The summed E-state index contributed by atoms with van der Waals surface area (Å²) in [7, 11) is 1.81. The lowest BCUT2D eigenvalue weighted by Gasteiger charge is -2.11. The molecule has 0 saturated heterocycles. The first-order valence-corrected chi connectivity index (χ1v) is 5.71. The summed E-state index contributed by atoms with van der Waals surface area (Å²) in [6.45, 7) is -0.211. The van der Waals surface area contributed by atoms with Crippen molar-refractivity contribution < 1.29 is 13.2 Å². The fraction of sp³-hybridized carbons (Fsp3) is 0.455. The van der Waals surface area contributed by atoms with Crippen molar-refractivity contribution >= 4 is 0 Å². The van der Waals surface area contributed by atoms with Gasteiger partial charge < -0.3 is 5.32 Å². The first-order chi connectivity index (χ1) is 8.96. The Morgan fingerprint density at radius 3 is 2.37 bits per heavy atom. The highest BCUT2D eigenvalue weighted by Gasteiger charge is 2.29. The molecule has 19 heavy (non-hydrogen) atoms. The van der Waals surface area contributed by atoms with Gasteiger partial charge in [0.15, 0.2) is 0 Å². The van der Waals surface area contributed by atoms with Gasteiger partial charge in [0.2, 0.25) is 0 Å². The zero-order valence-corrected chi connectivity index (χ0v) is 10.4. The van der Waals surface area contributed by atoms with Crippen LogP contribution >= 0.6 is 0 Å². The molecular weight excluding hydrogens is 259 g/mol. The van der Waals surface area contributed by atoms with Crippen molar-refractivity contribution in [1.29, 1.82) is 0 Å². The third-order valence-electron chi connectivity index (χ3n) is 2.67. The summed E-state index contributed by atoms with van der Waals surface area (Å²) in [5, 5.41) is 10.8. The molecule has 0 amide bonds. The monoisotopic (exact) mass is 273 g/mol. The van der Waals surface area contributed by atoms with E-state index in [1.165, 1.54) is 6.20 Å². The number of aromatic nitrogens is 4. The average Bonchev–Trinajstić information content (AvgIpc) is 2.88. The lowest BCUT2D eigenvalue weighted by molar-refractivity contribution is -0.143. The topological polar surface area (TPSA) is 47.7 Å². The molecule has 2 aromatic rings. The van der Waals surface area contributed by atoms with Crippen molar-refractivity contribution in [2.75, 3.05) is 0 Å². The molecule has 0 aliphatic carbocycles. The van der Waals surface area contributed by atoms with Gasteiger partial charge in [0.05, 0.1) is 11.4 Å². The SMILES string of the molecule is Cn1nccc1CNCc1ccnn1CC(F)(F)F. The van der Waals surface area contributed by atoms with Gasteiger partial charge in [-0.2, -0.15) is 23.4 Å². The fourth-order valence-electron chi connectivity index (χ4n) is 1.72. The molecule has 0 unspecified atom stereocenters. The minimum Gasteiger partial charge on any atom is -0.306 e.